The summed E-state index contributed by atoms with van der Waals surface area (Å²) in [6.07, 6.45) is 0.902. The van der Waals surface area contributed by atoms with E-state index in [1.54, 1.807) is 24.3 Å². The van der Waals surface area contributed by atoms with E-state index >= 15 is 0 Å². The van der Waals surface area contributed by atoms with Crippen molar-refractivity contribution in [2.45, 2.75) is 0 Å². The lowest BCUT2D eigenvalue weighted by Gasteiger charge is -2.01. The molecule has 108 valence electrons. The molecule has 0 fully saturated rings. The average Bonchev–Trinajstić information content (AvgIpc) is 2.65. The van der Waals surface area contributed by atoms with Gasteiger partial charge in [0.15, 0.2) is 5.76 Å². The Kier molecular flexibility index (Phi) is 3.49. The van der Waals surface area contributed by atoms with Gasteiger partial charge in [-0.25, -0.2) is 8.42 Å². The van der Waals surface area contributed by atoms with Crippen molar-refractivity contribution in [1.29, 1.82) is 0 Å². The Hall–Kier alpha value is -2.35. The minimum Gasteiger partial charge on any atom is -0.502 e. The first-order chi connectivity index (χ1) is 9.31. The van der Waals surface area contributed by atoms with Crippen LogP contribution in [0.1, 0.15) is 0 Å². The first-order valence-corrected chi connectivity index (χ1v) is 7.38. The zero-order valence-electron chi connectivity index (χ0n) is 10.7. The van der Waals surface area contributed by atoms with E-state index in [0.717, 1.165) is 6.26 Å². The van der Waals surface area contributed by atoms with Crippen LogP contribution >= 0.6 is 0 Å². The van der Waals surface area contributed by atoms with Crippen molar-refractivity contribution >= 4 is 15.9 Å². The SMILES string of the molecule is COc1ccc(-c2oc(NS(C)(=O)=O)c(O)c2O)cc1. The number of methoxy groups -OCH3 is 1. The Morgan fingerprint density at radius 1 is 1.15 bits per heavy atom. The third kappa shape index (κ3) is 2.80. The summed E-state index contributed by atoms with van der Waals surface area (Å²) in [5, 5.41) is 19.4. The molecule has 2 rings (SSSR count). The average molecular weight is 299 g/mol. The number of hydrogen-bond acceptors (Lipinski definition) is 6. The van der Waals surface area contributed by atoms with E-state index in [2.05, 4.69) is 0 Å². The fourth-order valence-electron chi connectivity index (χ4n) is 1.59. The van der Waals surface area contributed by atoms with E-state index in [1.165, 1.54) is 7.11 Å². The number of aromatic hydroxyl groups is 2. The van der Waals surface area contributed by atoms with Gasteiger partial charge in [-0.15, -0.1) is 0 Å². The zero-order chi connectivity index (χ0) is 14.9. The summed E-state index contributed by atoms with van der Waals surface area (Å²) in [6, 6.07) is 6.47. The molecule has 0 spiro atoms. The molecule has 0 bridgehead atoms. The molecule has 0 aliphatic rings. The third-order valence-electron chi connectivity index (χ3n) is 2.49. The number of hydrogen-bond donors (Lipinski definition) is 3. The molecule has 0 unspecified atom stereocenters. The van der Waals surface area contributed by atoms with Gasteiger partial charge in [-0.2, -0.15) is 0 Å². The van der Waals surface area contributed by atoms with Gasteiger partial charge in [-0.3, -0.25) is 4.72 Å². The number of furan rings is 1. The van der Waals surface area contributed by atoms with E-state index in [1.807, 2.05) is 4.72 Å². The lowest BCUT2D eigenvalue weighted by atomic mass is 10.1. The van der Waals surface area contributed by atoms with Crippen LogP contribution < -0.4 is 9.46 Å². The third-order valence-corrected chi connectivity index (χ3v) is 3.05. The molecule has 0 aliphatic carbocycles. The second-order valence-corrected chi connectivity index (χ2v) is 5.81. The van der Waals surface area contributed by atoms with Crippen LogP contribution in [0.5, 0.6) is 17.2 Å². The van der Waals surface area contributed by atoms with Crippen LogP contribution in [0.2, 0.25) is 0 Å². The molecule has 0 aliphatic heterocycles. The molecule has 0 saturated heterocycles. The van der Waals surface area contributed by atoms with E-state index in [9.17, 15) is 18.6 Å². The van der Waals surface area contributed by atoms with Gasteiger partial charge in [0, 0.05) is 5.56 Å². The lowest BCUT2D eigenvalue weighted by Crippen LogP contribution is -2.08. The normalized spacial score (nSPS) is 11.3. The largest absolute Gasteiger partial charge is 0.502 e. The summed E-state index contributed by atoms with van der Waals surface area (Å²) in [4.78, 5) is 0. The van der Waals surface area contributed by atoms with Gasteiger partial charge in [0.2, 0.25) is 21.5 Å². The van der Waals surface area contributed by atoms with Crippen LogP contribution in [0, 0.1) is 0 Å². The predicted octanol–water partition coefficient (Wildman–Crippen LogP) is 1.74. The number of benzene rings is 1. The van der Waals surface area contributed by atoms with Crippen molar-refractivity contribution < 1.29 is 27.8 Å². The summed E-state index contributed by atoms with van der Waals surface area (Å²) in [5.74, 6) is -1.08. The van der Waals surface area contributed by atoms with Crippen LogP contribution in [0.25, 0.3) is 11.3 Å². The molecule has 1 aromatic heterocycles. The maximum absolute atomic E-state index is 11.1. The summed E-state index contributed by atoms with van der Waals surface area (Å²) >= 11 is 0. The Labute approximate surface area is 115 Å². The van der Waals surface area contributed by atoms with Crippen molar-refractivity contribution in [3.8, 4) is 28.6 Å². The van der Waals surface area contributed by atoms with E-state index in [-0.39, 0.29) is 5.76 Å². The lowest BCUT2D eigenvalue weighted by molar-refractivity contribution is 0.410. The van der Waals surface area contributed by atoms with Gasteiger partial charge >= 0.3 is 0 Å². The quantitative estimate of drug-likeness (QED) is 0.793. The second-order valence-electron chi connectivity index (χ2n) is 4.06. The van der Waals surface area contributed by atoms with Gasteiger partial charge in [0.25, 0.3) is 5.88 Å². The molecule has 20 heavy (non-hydrogen) atoms. The first kappa shape index (κ1) is 14.1. The molecule has 0 saturated carbocycles. The highest BCUT2D eigenvalue weighted by molar-refractivity contribution is 7.92. The fraction of sp³-hybridized carbons (Fsp3) is 0.167. The fourth-order valence-corrected chi connectivity index (χ4v) is 2.06. The van der Waals surface area contributed by atoms with Gasteiger partial charge < -0.3 is 19.4 Å². The molecular formula is C12H13NO6S. The maximum Gasteiger partial charge on any atom is 0.253 e. The van der Waals surface area contributed by atoms with E-state index in [0.29, 0.717) is 11.3 Å². The summed E-state index contributed by atoms with van der Waals surface area (Å²) < 4.78 is 34.3. The molecular weight excluding hydrogens is 286 g/mol. The van der Waals surface area contributed by atoms with Crippen LogP contribution in [-0.4, -0.2) is 32.0 Å². The van der Waals surface area contributed by atoms with Crippen LogP contribution in [0.4, 0.5) is 5.88 Å². The smallest absolute Gasteiger partial charge is 0.253 e. The first-order valence-electron chi connectivity index (χ1n) is 5.48. The van der Waals surface area contributed by atoms with Crippen molar-refractivity contribution in [3.05, 3.63) is 24.3 Å². The predicted molar refractivity (Wildman–Crippen MR) is 72.5 cm³/mol. The van der Waals surface area contributed by atoms with Crippen LogP contribution in [-0.2, 0) is 10.0 Å². The van der Waals surface area contributed by atoms with Gasteiger partial charge in [-0.1, -0.05) is 0 Å². The molecule has 8 heteroatoms. The highest BCUT2D eigenvalue weighted by atomic mass is 32.2. The molecule has 7 nitrogen and oxygen atoms in total. The number of anilines is 1. The summed E-state index contributed by atoms with van der Waals surface area (Å²) in [7, 11) is -2.12. The standard InChI is InChI=1S/C12H13NO6S/c1-18-8-5-3-7(4-6-8)11-9(14)10(15)12(19-11)13-20(2,16)17/h3-6,13-15H,1-2H3. The van der Waals surface area contributed by atoms with Crippen molar-refractivity contribution in [1.82, 2.24) is 0 Å². The van der Waals surface area contributed by atoms with E-state index in [4.69, 9.17) is 9.15 Å². The van der Waals surface area contributed by atoms with Gasteiger partial charge in [0.05, 0.1) is 13.4 Å². The van der Waals surface area contributed by atoms with Gasteiger partial charge in [-0.05, 0) is 24.3 Å². The van der Waals surface area contributed by atoms with Crippen molar-refractivity contribution in [2.24, 2.45) is 0 Å². The highest BCUT2D eigenvalue weighted by Gasteiger charge is 2.22. The molecule has 0 atom stereocenters. The van der Waals surface area contributed by atoms with Crippen molar-refractivity contribution in [3.63, 3.8) is 0 Å². The molecule has 0 amide bonds. The van der Waals surface area contributed by atoms with Crippen molar-refractivity contribution in [2.75, 3.05) is 18.1 Å². The Bertz CT molecular complexity index is 717. The topological polar surface area (TPSA) is 109 Å². The summed E-state index contributed by atoms with van der Waals surface area (Å²) in [6.45, 7) is 0. The molecule has 0 radical (unpaired) electrons. The molecule has 1 aromatic carbocycles. The van der Waals surface area contributed by atoms with Crippen LogP contribution in [0.15, 0.2) is 28.7 Å². The maximum atomic E-state index is 11.1. The highest BCUT2D eigenvalue weighted by Crippen LogP contribution is 2.45. The Morgan fingerprint density at radius 3 is 2.25 bits per heavy atom. The monoisotopic (exact) mass is 299 g/mol. The molecule has 1 heterocycles. The Balaban J connectivity index is 2.44. The number of rotatable bonds is 4. The number of nitrogens with one attached hydrogen (secondary N) is 1. The number of sulfonamides is 1. The zero-order valence-corrected chi connectivity index (χ0v) is 11.6. The molecule has 3 N–H and O–H groups in total. The van der Waals surface area contributed by atoms with Crippen LogP contribution in [0.3, 0.4) is 0 Å². The number of ether oxygens (including phenoxy) is 1. The molecule has 2 aromatic rings. The minimum atomic E-state index is -3.63. The van der Waals surface area contributed by atoms with E-state index < -0.39 is 27.4 Å². The van der Waals surface area contributed by atoms with Gasteiger partial charge in [0.1, 0.15) is 5.75 Å². The minimum absolute atomic E-state index is 0.0451. The summed E-state index contributed by atoms with van der Waals surface area (Å²) in [5.41, 5.74) is 0.458. The second kappa shape index (κ2) is 4.97. The Morgan fingerprint density at radius 2 is 1.75 bits per heavy atom.